The fraction of sp³-hybridized carbons (Fsp3) is 0.400. The smallest absolute Gasteiger partial charge is 0.328 e. The zero-order valence-electron chi connectivity index (χ0n) is 10.8. The standard InChI is InChI=1S/C15H19NO2/c1-11-9-12(2)16(10-11)14-6-3-13(4-7-14)5-8-15(17)18/h3-8,11-12H,9-10H2,1-2H3,(H,17,18)/b8-5+. The lowest BCUT2D eigenvalue weighted by molar-refractivity contribution is -0.131. The van der Waals surface area contributed by atoms with Gasteiger partial charge >= 0.3 is 5.97 Å². The quantitative estimate of drug-likeness (QED) is 0.832. The topological polar surface area (TPSA) is 40.5 Å². The Morgan fingerprint density at radius 1 is 1.33 bits per heavy atom. The van der Waals surface area contributed by atoms with Crippen LogP contribution in [0.15, 0.2) is 30.3 Å². The molecule has 1 saturated heterocycles. The number of benzene rings is 1. The van der Waals surface area contributed by atoms with Gasteiger partial charge in [-0.3, -0.25) is 0 Å². The van der Waals surface area contributed by atoms with Crippen LogP contribution in [0.4, 0.5) is 5.69 Å². The van der Waals surface area contributed by atoms with Crippen LogP contribution in [0.2, 0.25) is 0 Å². The van der Waals surface area contributed by atoms with Gasteiger partial charge < -0.3 is 10.0 Å². The van der Waals surface area contributed by atoms with E-state index < -0.39 is 5.97 Å². The van der Waals surface area contributed by atoms with Crippen molar-refractivity contribution in [3.05, 3.63) is 35.9 Å². The van der Waals surface area contributed by atoms with Gasteiger partial charge in [0.25, 0.3) is 0 Å². The fourth-order valence-corrected chi connectivity index (χ4v) is 2.60. The highest BCUT2D eigenvalue weighted by Gasteiger charge is 2.25. The van der Waals surface area contributed by atoms with E-state index in [2.05, 4.69) is 30.9 Å². The van der Waals surface area contributed by atoms with Crippen molar-refractivity contribution in [2.45, 2.75) is 26.3 Å². The molecule has 0 radical (unpaired) electrons. The molecule has 0 aromatic heterocycles. The van der Waals surface area contributed by atoms with Gasteiger partial charge in [0.15, 0.2) is 0 Å². The summed E-state index contributed by atoms with van der Waals surface area (Å²) >= 11 is 0. The van der Waals surface area contributed by atoms with Gasteiger partial charge in [-0.25, -0.2) is 4.79 Å². The van der Waals surface area contributed by atoms with Gasteiger partial charge in [0, 0.05) is 24.4 Å². The SMILES string of the molecule is CC1CC(C)N(c2ccc(/C=C/C(=O)O)cc2)C1. The predicted molar refractivity (Wildman–Crippen MR) is 73.7 cm³/mol. The number of anilines is 1. The molecule has 2 atom stereocenters. The molecule has 0 spiro atoms. The first kappa shape index (κ1) is 12.7. The lowest BCUT2D eigenvalue weighted by atomic mass is 10.1. The molecular weight excluding hydrogens is 226 g/mol. The first-order valence-electron chi connectivity index (χ1n) is 6.34. The molecule has 3 heteroatoms. The molecule has 3 nitrogen and oxygen atoms in total. The first-order valence-corrected chi connectivity index (χ1v) is 6.34. The third kappa shape index (κ3) is 2.92. The zero-order chi connectivity index (χ0) is 13.1. The van der Waals surface area contributed by atoms with E-state index in [1.807, 2.05) is 12.1 Å². The number of carboxylic acid groups (broad SMARTS) is 1. The second-order valence-corrected chi connectivity index (χ2v) is 5.11. The summed E-state index contributed by atoms with van der Waals surface area (Å²) in [6, 6.07) is 8.64. The molecular formula is C15H19NO2. The van der Waals surface area contributed by atoms with E-state index in [1.54, 1.807) is 6.08 Å². The summed E-state index contributed by atoms with van der Waals surface area (Å²) in [5.41, 5.74) is 2.14. The second kappa shape index (κ2) is 5.25. The Hall–Kier alpha value is -1.77. The molecule has 96 valence electrons. The normalized spacial score (nSPS) is 23.8. The molecule has 1 aliphatic heterocycles. The van der Waals surface area contributed by atoms with Crippen molar-refractivity contribution in [2.24, 2.45) is 5.92 Å². The van der Waals surface area contributed by atoms with E-state index in [0.717, 1.165) is 24.1 Å². The number of rotatable bonds is 3. The summed E-state index contributed by atoms with van der Waals surface area (Å²) in [4.78, 5) is 12.8. The lowest BCUT2D eigenvalue weighted by Gasteiger charge is -2.23. The van der Waals surface area contributed by atoms with Crippen LogP contribution < -0.4 is 4.90 Å². The highest BCUT2D eigenvalue weighted by Crippen LogP contribution is 2.28. The summed E-state index contributed by atoms with van der Waals surface area (Å²) < 4.78 is 0. The van der Waals surface area contributed by atoms with Crippen LogP contribution in [0.1, 0.15) is 25.8 Å². The third-order valence-electron chi connectivity index (χ3n) is 3.43. The van der Waals surface area contributed by atoms with E-state index in [1.165, 1.54) is 12.1 Å². The first-order chi connectivity index (χ1) is 8.56. The summed E-state index contributed by atoms with van der Waals surface area (Å²) in [5, 5.41) is 8.57. The number of aliphatic carboxylic acids is 1. The minimum absolute atomic E-state index is 0.584. The Kier molecular flexibility index (Phi) is 3.70. The number of hydrogen-bond acceptors (Lipinski definition) is 2. The highest BCUT2D eigenvalue weighted by atomic mass is 16.4. The Labute approximate surface area is 108 Å². The lowest BCUT2D eigenvalue weighted by Crippen LogP contribution is -2.26. The van der Waals surface area contributed by atoms with Crippen LogP contribution in [-0.4, -0.2) is 23.7 Å². The number of hydrogen-bond donors (Lipinski definition) is 1. The largest absolute Gasteiger partial charge is 0.478 e. The van der Waals surface area contributed by atoms with E-state index in [4.69, 9.17) is 5.11 Å². The van der Waals surface area contributed by atoms with Crippen LogP contribution in [0.5, 0.6) is 0 Å². The maximum Gasteiger partial charge on any atom is 0.328 e. The molecule has 1 N–H and O–H groups in total. The van der Waals surface area contributed by atoms with E-state index in [-0.39, 0.29) is 0 Å². The van der Waals surface area contributed by atoms with Crippen molar-refractivity contribution in [1.82, 2.24) is 0 Å². The Balaban J connectivity index is 2.10. The molecule has 1 fully saturated rings. The maximum atomic E-state index is 10.4. The molecule has 1 aliphatic rings. The zero-order valence-corrected chi connectivity index (χ0v) is 10.8. The van der Waals surface area contributed by atoms with Gasteiger partial charge in [0.1, 0.15) is 0 Å². The summed E-state index contributed by atoms with van der Waals surface area (Å²) in [5.74, 6) is -0.173. The van der Waals surface area contributed by atoms with Crippen molar-refractivity contribution in [2.75, 3.05) is 11.4 Å². The average Bonchev–Trinajstić information content (AvgIpc) is 2.66. The molecule has 2 rings (SSSR count). The van der Waals surface area contributed by atoms with Crippen molar-refractivity contribution < 1.29 is 9.90 Å². The van der Waals surface area contributed by atoms with Crippen LogP contribution in [0, 0.1) is 5.92 Å². The molecule has 0 bridgehead atoms. The van der Waals surface area contributed by atoms with E-state index in [9.17, 15) is 4.79 Å². The Morgan fingerprint density at radius 3 is 2.50 bits per heavy atom. The Bertz CT molecular complexity index is 450. The second-order valence-electron chi connectivity index (χ2n) is 5.11. The maximum absolute atomic E-state index is 10.4. The van der Waals surface area contributed by atoms with Crippen LogP contribution in [0.25, 0.3) is 6.08 Å². The fourth-order valence-electron chi connectivity index (χ4n) is 2.60. The third-order valence-corrected chi connectivity index (χ3v) is 3.43. The molecule has 0 aliphatic carbocycles. The molecule has 2 unspecified atom stereocenters. The molecule has 1 aromatic rings. The molecule has 18 heavy (non-hydrogen) atoms. The Morgan fingerprint density at radius 2 is 2.00 bits per heavy atom. The van der Waals surface area contributed by atoms with Crippen LogP contribution in [-0.2, 0) is 4.79 Å². The molecule has 0 amide bonds. The van der Waals surface area contributed by atoms with Gasteiger partial charge in [0.2, 0.25) is 0 Å². The minimum Gasteiger partial charge on any atom is -0.478 e. The average molecular weight is 245 g/mol. The van der Waals surface area contributed by atoms with Crippen molar-refractivity contribution in [3.8, 4) is 0 Å². The molecule has 1 aromatic carbocycles. The van der Waals surface area contributed by atoms with Crippen molar-refractivity contribution >= 4 is 17.7 Å². The van der Waals surface area contributed by atoms with Gasteiger partial charge in [-0.15, -0.1) is 0 Å². The van der Waals surface area contributed by atoms with Gasteiger partial charge in [-0.05, 0) is 43.0 Å². The van der Waals surface area contributed by atoms with E-state index >= 15 is 0 Å². The molecule has 1 heterocycles. The summed E-state index contributed by atoms with van der Waals surface area (Å²) in [6.07, 6.45) is 4.01. The van der Waals surface area contributed by atoms with Gasteiger partial charge in [-0.2, -0.15) is 0 Å². The van der Waals surface area contributed by atoms with E-state index in [0.29, 0.717) is 6.04 Å². The van der Waals surface area contributed by atoms with Crippen LogP contribution in [0.3, 0.4) is 0 Å². The minimum atomic E-state index is -0.916. The summed E-state index contributed by atoms with van der Waals surface area (Å²) in [6.45, 7) is 5.63. The van der Waals surface area contributed by atoms with Crippen molar-refractivity contribution in [1.29, 1.82) is 0 Å². The number of carbonyl (C=O) groups is 1. The molecule has 0 saturated carbocycles. The van der Waals surface area contributed by atoms with Crippen LogP contribution >= 0.6 is 0 Å². The predicted octanol–water partition coefficient (Wildman–Crippen LogP) is 3.02. The van der Waals surface area contributed by atoms with Crippen molar-refractivity contribution in [3.63, 3.8) is 0 Å². The van der Waals surface area contributed by atoms with Gasteiger partial charge in [-0.1, -0.05) is 19.1 Å². The van der Waals surface area contributed by atoms with Gasteiger partial charge in [0.05, 0.1) is 0 Å². The monoisotopic (exact) mass is 245 g/mol. The highest BCUT2D eigenvalue weighted by molar-refractivity contribution is 5.85. The number of nitrogens with zero attached hydrogens (tertiary/aromatic N) is 1. The number of carboxylic acids is 1. The summed E-state index contributed by atoms with van der Waals surface area (Å²) in [7, 11) is 0.